The maximum Gasteiger partial charge on any atom is 0.222 e. The summed E-state index contributed by atoms with van der Waals surface area (Å²) in [5, 5.41) is 3.86. The molecule has 0 unspecified atom stereocenters. The molecule has 2 aromatic rings. The molecule has 0 aliphatic carbocycles. The van der Waals surface area contributed by atoms with E-state index in [2.05, 4.69) is 15.2 Å². The summed E-state index contributed by atoms with van der Waals surface area (Å²) in [5.41, 5.74) is 2.03. The molecule has 3 rings (SSSR count). The van der Waals surface area contributed by atoms with Crippen LogP contribution in [0.15, 0.2) is 48.8 Å². The normalized spacial score (nSPS) is 16.4. The standard InChI is InChI=1S/C20H24ClN3O/c21-18-6-4-16(5-7-18)20(17-8-11-22-12-9-17)23-19(25)10-15-24-13-2-1-3-14-24/h4-9,11-12,20H,1-3,10,13-15H2,(H,23,25)/t20-/m0/s1. The second-order valence-corrected chi connectivity index (χ2v) is 6.92. The first-order valence-electron chi connectivity index (χ1n) is 8.89. The fourth-order valence-electron chi connectivity index (χ4n) is 3.25. The average molecular weight is 358 g/mol. The highest BCUT2D eigenvalue weighted by atomic mass is 35.5. The largest absolute Gasteiger partial charge is 0.345 e. The van der Waals surface area contributed by atoms with E-state index in [1.807, 2.05) is 36.4 Å². The van der Waals surface area contributed by atoms with Gasteiger partial charge in [0.15, 0.2) is 0 Å². The lowest BCUT2D eigenvalue weighted by Crippen LogP contribution is -2.35. The Kier molecular flexibility index (Phi) is 6.42. The molecule has 1 N–H and O–H groups in total. The second-order valence-electron chi connectivity index (χ2n) is 6.48. The fourth-order valence-corrected chi connectivity index (χ4v) is 3.37. The number of rotatable bonds is 6. The molecule has 1 aromatic heterocycles. The minimum atomic E-state index is -0.186. The van der Waals surface area contributed by atoms with Gasteiger partial charge >= 0.3 is 0 Å². The van der Waals surface area contributed by atoms with E-state index in [-0.39, 0.29) is 11.9 Å². The summed E-state index contributed by atoms with van der Waals surface area (Å²) in [4.78, 5) is 19.0. The van der Waals surface area contributed by atoms with Crippen LogP contribution < -0.4 is 5.32 Å². The molecule has 1 aromatic carbocycles. The fraction of sp³-hybridized carbons (Fsp3) is 0.400. The zero-order chi connectivity index (χ0) is 17.5. The number of benzene rings is 1. The number of hydrogen-bond acceptors (Lipinski definition) is 3. The molecule has 4 nitrogen and oxygen atoms in total. The Bertz CT molecular complexity index is 669. The van der Waals surface area contributed by atoms with Crippen LogP contribution in [-0.2, 0) is 4.79 Å². The first kappa shape index (κ1) is 17.9. The van der Waals surface area contributed by atoms with E-state index in [4.69, 9.17) is 11.6 Å². The quantitative estimate of drug-likeness (QED) is 0.854. The van der Waals surface area contributed by atoms with Crippen molar-refractivity contribution in [3.63, 3.8) is 0 Å². The monoisotopic (exact) mass is 357 g/mol. The van der Waals surface area contributed by atoms with Crippen molar-refractivity contribution in [2.75, 3.05) is 19.6 Å². The van der Waals surface area contributed by atoms with Crippen molar-refractivity contribution in [1.29, 1.82) is 0 Å². The lowest BCUT2D eigenvalue weighted by molar-refractivity contribution is -0.122. The minimum absolute atomic E-state index is 0.0716. The predicted octanol–water partition coefficient (Wildman–Crippen LogP) is 3.82. The second kappa shape index (κ2) is 8.97. The average Bonchev–Trinajstić information content (AvgIpc) is 2.67. The highest BCUT2D eigenvalue weighted by molar-refractivity contribution is 6.30. The van der Waals surface area contributed by atoms with E-state index in [1.54, 1.807) is 12.4 Å². The molecular formula is C20H24ClN3O. The number of carbonyl (C=O) groups is 1. The SMILES string of the molecule is O=C(CCN1CCCCC1)N[C@H](c1ccncc1)c1ccc(Cl)cc1. The van der Waals surface area contributed by atoms with Gasteiger partial charge in [-0.3, -0.25) is 9.78 Å². The highest BCUT2D eigenvalue weighted by Crippen LogP contribution is 2.23. The molecule has 1 aliphatic heterocycles. The van der Waals surface area contributed by atoms with Crippen molar-refractivity contribution in [2.24, 2.45) is 0 Å². The molecule has 0 bridgehead atoms. The molecule has 1 fully saturated rings. The number of halogens is 1. The van der Waals surface area contributed by atoms with Gasteiger partial charge in [0.1, 0.15) is 0 Å². The van der Waals surface area contributed by atoms with Gasteiger partial charge in [-0.15, -0.1) is 0 Å². The number of hydrogen-bond donors (Lipinski definition) is 1. The zero-order valence-corrected chi connectivity index (χ0v) is 15.1. The summed E-state index contributed by atoms with van der Waals surface area (Å²) < 4.78 is 0. The van der Waals surface area contributed by atoms with Crippen LogP contribution in [-0.4, -0.2) is 35.4 Å². The summed E-state index contributed by atoms with van der Waals surface area (Å²) in [6.07, 6.45) is 7.81. The van der Waals surface area contributed by atoms with E-state index in [9.17, 15) is 4.79 Å². The number of carbonyl (C=O) groups excluding carboxylic acids is 1. The van der Waals surface area contributed by atoms with Crippen LogP contribution in [0.2, 0.25) is 5.02 Å². The smallest absolute Gasteiger partial charge is 0.222 e. The molecule has 0 saturated carbocycles. The lowest BCUT2D eigenvalue weighted by atomic mass is 9.99. The molecular weight excluding hydrogens is 334 g/mol. The Labute approximate surface area is 154 Å². The molecule has 1 saturated heterocycles. The van der Waals surface area contributed by atoms with Gasteiger partial charge in [0.2, 0.25) is 5.91 Å². The van der Waals surface area contributed by atoms with Crippen LogP contribution in [0.1, 0.15) is 42.9 Å². The molecule has 0 radical (unpaired) electrons. The molecule has 5 heteroatoms. The Morgan fingerprint density at radius 3 is 2.36 bits per heavy atom. The molecule has 2 heterocycles. The van der Waals surface area contributed by atoms with E-state index in [1.165, 1.54) is 19.3 Å². The molecule has 132 valence electrons. The maximum absolute atomic E-state index is 12.5. The summed E-state index contributed by atoms with van der Waals surface area (Å²) in [6, 6.07) is 11.3. The van der Waals surface area contributed by atoms with E-state index >= 15 is 0 Å². The topological polar surface area (TPSA) is 45.2 Å². The number of nitrogens with zero attached hydrogens (tertiary/aromatic N) is 2. The van der Waals surface area contributed by atoms with Crippen LogP contribution in [0, 0.1) is 0 Å². The van der Waals surface area contributed by atoms with Crippen molar-refractivity contribution in [2.45, 2.75) is 31.7 Å². The lowest BCUT2D eigenvalue weighted by Gasteiger charge is -2.26. The van der Waals surface area contributed by atoms with Crippen molar-refractivity contribution in [1.82, 2.24) is 15.2 Å². The van der Waals surface area contributed by atoms with E-state index in [0.29, 0.717) is 11.4 Å². The summed E-state index contributed by atoms with van der Waals surface area (Å²) in [7, 11) is 0. The number of pyridine rings is 1. The number of likely N-dealkylation sites (tertiary alicyclic amines) is 1. The van der Waals surface area contributed by atoms with Crippen LogP contribution >= 0.6 is 11.6 Å². The van der Waals surface area contributed by atoms with Gasteiger partial charge in [-0.25, -0.2) is 0 Å². The zero-order valence-electron chi connectivity index (χ0n) is 14.3. The van der Waals surface area contributed by atoms with Gasteiger partial charge in [0.25, 0.3) is 0 Å². The van der Waals surface area contributed by atoms with Gasteiger partial charge in [0, 0.05) is 30.4 Å². The molecule has 25 heavy (non-hydrogen) atoms. The Morgan fingerprint density at radius 2 is 1.68 bits per heavy atom. The number of piperidine rings is 1. The number of nitrogens with one attached hydrogen (secondary N) is 1. The van der Waals surface area contributed by atoms with Gasteiger partial charge in [-0.1, -0.05) is 30.2 Å². The predicted molar refractivity (Wildman–Crippen MR) is 101 cm³/mol. The van der Waals surface area contributed by atoms with Crippen LogP contribution in [0.25, 0.3) is 0 Å². The molecule has 1 aliphatic rings. The van der Waals surface area contributed by atoms with Crippen molar-refractivity contribution in [3.05, 3.63) is 64.9 Å². The first-order valence-corrected chi connectivity index (χ1v) is 9.27. The summed E-state index contributed by atoms with van der Waals surface area (Å²) in [5.74, 6) is 0.0716. The highest BCUT2D eigenvalue weighted by Gasteiger charge is 2.18. The summed E-state index contributed by atoms with van der Waals surface area (Å²) in [6.45, 7) is 3.05. The van der Waals surface area contributed by atoms with Gasteiger partial charge in [0.05, 0.1) is 6.04 Å². The van der Waals surface area contributed by atoms with Crippen molar-refractivity contribution < 1.29 is 4.79 Å². The third kappa shape index (κ3) is 5.28. The Balaban J connectivity index is 1.66. The van der Waals surface area contributed by atoms with Crippen LogP contribution in [0.4, 0.5) is 0 Å². The van der Waals surface area contributed by atoms with Gasteiger partial charge in [-0.2, -0.15) is 0 Å². The third-order valence-corrected chi connectivity index (χ3v) is 4.90. The minimum Gasteiger partial charge on any atom is -0.345 e. The molecule has 0 spiro atoms. The first-order chi connectivity index (χ1) is 12.2. The Hall–Kier alpha value is -1.91. The van der Waals surface area contributed by atoms with Crippen molar-refractivity contribution in [3.8, 4) is 0 Å². The van der Waals surface area contributed by atoms with Gasteiger partial charge < -0.3 is 10.2 Å². The van der Waals surface area contributed by atoms with Crippen molar-refractivity contribution >= 4 is 17.5 Å². The molecule has 1 atom stereocenters. The van der Waals surface area contributed by atoms with Crippen LogP contribution in [0.5, 0.6) is 0 Å². The van der Waals surface area contributed by atoms with E-state index in [0.717, 1.165) is 30.8 Å². The maximum atomic E-state index is 12.5. The number of amides is 1. The third-order valence-electron chi connectivity index (χ3n) is 4.65. The Morgan fingerprint density at radius 1 is 1.04 bits per heavy atom. The van der Waals surface area contributed by atoms with Crippen LogP contribution in [0.3, 0.4) is 0 Å². The van der Waals surface area contributed by atoms with E-state index < -0.39 is 0 Å². The number of aromatic nitrogens is 1. The molecule has 1 amide bonds. The van der Waals surface area contributed by atoms with Gasteiger partial charge in [-0.05, 0) is 61.3 Å². The summed E-state index contributed by atoms with van der Waals surface area (Å²) >= 11 is 6.00.